The number of pyridine rings is 1. The highest BCUT2D eigenvalue weighted by Gasteiger charge is 2.24. The second-order valence-electron chi connectivity index (χ2n) is 5.43. The molecule has 0 aliphatic carbocycles. The van der Waals surface area contributed by atoms with E-state index in [-0.39, 0.29) is 11.9 Å². The van der Waals surface area contributed by atoms with Gasteiger partial charge in [-0.25, -0.2) is 0 Å². The molecule has 2 heterocycles. The molecule has 1 aromatic carbocycles. The maximum absolute atomic E-state index is 12.0. The molecule has 0 spiro atoms. The summed E-state index contributed by atoms with van der Waals surface area (Å²) in [6.07, 6.45) is 2.86. The first-order chi connectivity index (χ1) is 10.1. The van der Waals surface area contributed by atoms with Gasteiger partial charge in [0.05, 0.1) is 22.3 Å². The lowest BCUT2D eigenvalue weighted by Crippen LogP contribution is -2.36. The summed E-state index contributed by atoms with van der Waals surface area (Å²) >= 11 is 6.29. The van der Waals surface area contributed by atoms with Gasteiger partial charge in [0.1, 0.15) is 0 Å². The number of carbonyl (C=O) groups excluding carboxylic acids is 1. The number of rotatable bonds is 2. The average Bonchev–Trinajstić information content (AvgIpc) is 2.48. The molecule has 1 fully saturated rings. The molecule has 1 saturated heterocycles. The molecule has 0 bridgehead atoms. The average molecular weight is 305 g/mol. The van der Waals surface area contributed by atoms with E-state index in [0.717, 1.165) is 29.7 Å². The molecule has 2 aromatic rings. The number of hydrogen-bond acceptors (Lipinski definition) is 4. The molecule has 0 unspecified atom stereocenters. The van der Waals surface area contributed by atoms with Crippen LogP contribution in [0.3, 0.4) is 0 Å². The smallest absolute Gasteiger partial charge is 0.162 e. The first-order valence-electron chi connectivity index (χ1n) is 7.09. The van der Waals surface area contributed by atoms with Gasteiger partial charge in [0, 0.05) is 30.2 Å². The summed E-state index contributed by atoms with van der Waals surface area (Å²) in [6.45, 7) is 2.98. The molecule has 0 radical (unpaired) electrons. The number of anilines is 1. The van der Waals surface area contributed by atoms with Crippen molar-refractivity contribution in [2.24, 2.45) is 0 Å². The highest BCUT2D eigenvalue weighted by molar-refractivity contribution is 6.36. The third-order valence-corrected chi connectivity index (χ3v) is 4.29. The quantitative estimate of drug-likeness (QED) is 0.866. The Kier molecular flexibility index (Phi) is 3.83. The van der Waals surface area contributed by atoms with Gasteiger partial charge in [-0.2, -0.15) is 0 Å². The maximum Gasteiger partial charge on any atom is 0.162 e. The lowest BCUT2D eigenvalue weighted by molar-refractivity contribution is 0.101. The molecule has 1 aromatic heterocycles. The van der Waals surface area contributed by atoms with Crippen LogP contribution in [0.25, 0.3) is 10.9 Å². The van der Waals surface area contributed by atoms with Crippen molar-refractivity contribution in [3.05, 3.63) is 35.0 Å². The van der Waals surface area contributed by atoms with Crippen LogP contribution in [0.2, 0.25) is 5.02 Å². The Bertz CT molecular complexity index is 694. The van der Waals surface area contributed by atoms with E-state index in [0.29, 0.717) is 23.4 Å². The molecule has 110 valence electrons. The molecule has 5 heteroatoms. The van der Waals surface area contributed by atoms with Crippen molar-refractivity contribution in [1.82, 2.24) is 4.98 Å². The number of Topliss-reactive ketones (excluding diaryl/α,β-unsaturated/α-hetero) is 1. The molecule has 0 saturated carbocycles. The summed E-state index contributed by atoms with van der Waals surface area (Å²) in [5.41, 5.74) is 2.20. The minimum absolute atomic E-state index is 0.0226. The summed E-state index contributed by atoms with van der Waals surface area (Å²) in [5.74, 6) is -0.0226. The van der Waals surface area contributed by atoms with E-state index in [4.69, 9.17) is 11.6 Å². The van der Waals surface area contributed by atoms with Crippen molar-refractivity contribution in [1.29, 1.82) is 0 Å². The van der Waals surface area contributed by atoms with Gasteiger partial charge in [-0.15, -0.1) is 0 Å². The van der Waals surface area contributed by atoms with Gasteiger partial charge in [-0.1, -0.05) is 11.6 Å². The number of piperidine rings is 1. The summed E-state index contributed by atoms with van der Waals surface area (Å²) in [5, 5.41) is 11.1. The van der Waals surface area contributed by atoms with Crippen LogP contribution in [0.5, 0.6) is 0 Å². The number of aromatic nitrogens is 1. The summed E-state index contributed by atoms with van der Waals surface area (Å²) < 4.78 is 0. The van der Waals surface area contributed by atoms with E-state index in [9.17, 15) is 9.90 Å². The van der Waals surface area contributed by atoms with Crippen molar-refractivity contribution in [3.63, 3.8) is 0 Å². The van der Waals surface area contributed by atoms with E-state index in [1.54, 1.807) is 19.2 Å². The molecular formula is C16H17ClN2O2. The Morgan fingerprint density at radius 3 is 2.81 bits per heavy atom. The highest BCUT2D eigenvalue weighted by atomic mass is 35.5. The van der Waals surface area contributed by atoms with Gasteiger partial charge in [0.25, 0.3) is 0 Å². The second-order valence-corrected chi connectivity index (χ2v) is 5.84. The zero-order valence-electron chi connectivity index (χ0n) is 11.8. The van der Waals surface area contributed by atoms with Crippen LogP contribution in [0.1, 0.15) is 30.1 Å². The molecule has 4 nitrogen and oxygen atoms in total. The molecule has 1 aliphatic heterocycles. The van der Waals surface area contributed by atoms with Crippen LogP contribution in [0.4, 0.5) is 5.69 Å². The fourth-order valence-electron chi connectivity index (χ4n) is 2.87. The third-order valence-electron chi connectivity index (χ3n) is 3.98. The van der Waals surface area contributed by atoms with Crippen molar-refractivity contribution in [2.45, 2.75) is 25.9 Å². The number of fused-ring (bicyclic) bond motifs is 1. The van der Waals surface area contributed by atoms with Crippen LogP contribution in [-0.2, 0) is 0 Å². The molecule has 1 aliphatic rings. The lowest BCUT2D eigenvalue weighted by atomic mass is 10.0. The number of ketones is 1. The van der Waals surface area contributed by atoms with Crippen molar-refractivity contribution < 1.29 is 9.90 Å². The van der Waals surface area contributed by atoms with Gasteiger partial charge in [0.15, 0.2) is 5.78 Å². The number of aliphatic hydroxyl groups excluding tert-OH is 1. The van der Waals surface area contributed by atoms with Gasteiger partial charge < -0.3 is 10.0 Å². The van der Waals surface area contributed by atoms with Crippen LogP contribution in [-0.4, -0.2) is 35.1 Å². The SMILES string of the molecule is CC(=O)c1cc(Cl)c2cccnc2c1N1CCC(O)CC1. The van der Waals surface area contributed by atoms with Crippen LogP contribution < -0.4 is 4.90 Å². The Balaban J connectivity index is 2.20. The van der Waals surface area contributed by atoms with E-state index in [2.05, 4.69) is 9.88 Å². The summed E-state index contributed by atoms with van der Waals surface area (Å²) in [4.78, 5) is 18.6. The number of benzene rings is 1. The van der Waals surface area contributed by atoms with E-state index in [1.165, 1.54) is 0 Å². The van der Waals surface area contributed by atoms with Crippen LogP contribution >= 0.6 is 11.6 Å². The van der Waals surface area contributed by atoms with Gasteiger partial charge in [-0.3, -0.25) is 9.78 Å². The van der Waals surface area contributed by atoms with E-state index < -0.39 is 0 Å². The molecule has 0 atom stereocenters. The number of halogens is 1. The van der Waals surface area contributed by atoms with Gasteiger partial charge in [0.2, 0.25) is 0 Å². The normalized spacial score (nSPS) is 16.4. The standard InChI is InChI=1S/C16H17ClN2O2/c1-10(20)13-9-14(17)12-3-2-6-18-15(12)16(13)19-7-4-11(21)5-8-19/h2-3,6,9,11,21H,4-5,7-8H2,1H3. The Hall–Kier alpha value is -1.65. The molecule has 21 heavy (non-hydrogen) atoms. The summed E-state index contributed by atoms with van der Waals surface area (Å²) in [6, 6.07) is 5.48. The lowest BCUT2D eigenvalue weighted by Gasteiger charge is -2.33. The van der Waals surface area contributed by atoms with Crippen LogP contribution in [0.15, 0.2) is 24.4 Å². The first kappa shape index (κ1) is 14.3. The molecule has 1 N–H and O–H groups in total. The topological polar surface area (TPSA) is 53.4 Å². The zero-order valence-corrected chi connectivity index (χ0v) is 12.6. The zero-order chi connectivity index (χ0) is 15.0. The van der Waals surface area contributed by atoms with Crippen molar-refractivity contribution >= 4 is 34.0 Å². The highest BCUT2D eigenvalue weighted by Crippen LogP contribution is 2.36. The molecular weight excluding hydrogens is 288 g/mol. The fraction of sp³-hybridized carbons (Fsp3) is 0.375. The predicted molar refractivity (Wildman–Crippen MR) is 84.2 cm³/mol. The van der Waals surface area contributed by atoms with Gasteiger partial charge in [-0.05, 0) is 38.0 Å². The summed E-state index contributed by atoms with van der Waals surface area (Å²) in [7, 11) is 0. The molecule has 0 amide bonds. The Morgan fingerprint density at radius 1 is 1.43 bits per heavy atom. The maximum atomic E-state index is 12.0. The number of carbonyl (C=O) groups is 1. The van der Waals surface area contributed by atoms with Gasteiger partial charge >= 0.3 is 0 Å². The number of hydrogen-bond donors (Lipinski definition) is 1. The minimum atomic E-state index is -0.256. The Morgan fingerprint density at radius 2 is 2.14 bits per heavy atom. The second kappa shape index (κ2) is 5.62. The van der Waals surface area contributed by atoms with Crippen LogP contribution in [0, 0.1) is 0 Å². The predicted octanol–water partition coefficient (Wildman–Crippen LogP) is 3.05. The van der Waals surface area contributed by atoms with E-state index in [1.807, 2.05) is 12.1 Å². The largest absolute Gasteiger partial charge is 0.393 e. The van der Waals surface area contributed by atoms with Crippen molar-refractivity contribution in [2.75, 3.05) is 18.0 Å². The third kappa shape index (κ3) is 2.61. The number of nitrogens with zero attached hydrogens (tertiary/aromatic N) is 2. The Labute approximate surface area is 128 Å². The van der Waals surface area contributed by atoms with Crippen molar-refractivity contribution in [3.8, 4) is 0 Å². The number of aliphatic hydroxyl groups is 1. The monoisotopic (exact) mass is 304 g/mol. The fourth-order valence-corrected chi connectivity index (χ4v) is 3.13. The molecule has 3 rings (SSSR count). The minimum Gasteiger partial charge on any atom is -0.393 e. The first-order valence-corrected chi connectivity index (χ1v) is 7.47. The van der Waals surface area contributed by atoms with E-state index >= 15 is 0 Å².